The molecule has 0 spiro atoms. The fourth-order valence-corrected chi connectivity index (χ4v) is 4.12. The van der Waals surface area contributed by atoms with Crippen molar-refractivity contribution in [1.82, 2.24) is 20.3 Å². The van der Waals surface area contributed by atoms with Crippen LogP contribution >= 0.6 is 11.3 Å². The van der Waals surface area contributed by atoms with Gasteiger partial charge < -0.3 is 20.4 Å². The van der Waals surface area contributed by atoms with Crippen molar-refractivity contribution in [2.24, 2.45) is 0 Å². The molecule has 1 amide bonds. The molecule has 7 nitrogen and oxygen atoms in total. The third-order valence-electron chi connectivity index (χ3n) is 4.65. The molecule has 0 bridgehead atoms. The van der Waals surface area contributed by atoms with E-state index in [4.69, 9.17) is 4.74 Å². The summed E-state index contributed by atoms with van der Waals surface area (Å²) in [5.74, 6) is 0. The van der Waals surface area contributed by atoms with Gasteiger partial charge in [-0.1, -0.05) is 0 Å². The first-order chi connectivity index (χ1) is 13.3. The van der Waals surface area contributed by atoms with Crippen molar-refractivity contribution in [3.8, 4) is 10.6 Å². The zero-order valence-corrected chi connectivity index (χ0v) is 17.3. The maximum absolute atomic E-state index is 11.9. The quantitative estimate of drug-likeness (QED) is 0.602. The highest BCUT2D eigenvalue weighted by Crippen LogP contribution is 2.37. The summed E-state index contributed by atoms with van der Waals surface area (Å²) >= 11 is 1.66. The number of amides is 1. The lowest BCUT2D eigenvalue weighted by atomic mass is 9.86. The third-order valence-corrected chi connectivity index (χ3v) is 5.59. The van der Waals surface area contributed by atoms with Gasteiger partial charge in [-0.3, -0.25) is 0 Å². The SMILES string of the molecule is Cc1cnc(-c2cnc3[nH]ccc3c2NC2CC(NC(=O)OC(C)(C)C)C2)s1. The van der Waals surface area contributed by atoms with Crippen LogP contribution in [0, 0.1) is 6.92 Å². The van der Waals surface area contributed by atoms with Gasteiger partial charge in [-0.25, -0.2) is 14.8 Å². The summed E-state index contributed by atoms with van der Waals surface area (Å²) in [4.78, 5) is 25.3. The molecule has 8 heteroatoms. The van der Waals surface area contributed by atoms with Gasteiger partial charge in [0.25, 0.3) is 0 Å². The monoisotopic (exact) mass is 399 g/mol. The number of nitrogens with one attached hydrogen (secondary N) is 3. The van der Waals surface area contributed by atoms with Crippen molar-refractivity contribution in [3.63, 3.8) is 0 Å². The molecule has 1 aliphatic carbocycles. The topological polar surface area (TPSA) is 91.9 Å². The normalized spacial score (nSPS) is 19.3. The van der Waals surface area contributed by atoms with Crippen molar-refractivity contribution in [1.29, 1.82) is 0 Å². The van der Waals surface area contributed by atoms with Gasteiger partial charge in [0.2, 0.25) is 0 Å². The molecule has 148 valence electrons. The molecule has 3 aromatic rings. The highest BCUT2D eigenvalue weighted by atomic mass is 32.1. The lowest BCUT2D eigenvalue weighted by Crippen LogP contribution is -2.50. The van der Waals surface area contributed by atoms with E-state index in [0.717, 1.165) is 40.1 Å². The smallest absolute Gasteiger partial charge is 0.407 e. The lowest BCUT2D eigenvalue weighted by Gasteiger charge is -2.37. The number of nitrogens with zero attached hydrogens (tertiary/aromatic N) is 2. The van der Waals surface area contributed by atoms with Crippen molar-refractivity contribution >= 4 is 34.2 Å². The highest BCUT2D eigenvalue weighted by molar-refractivity contribution is 7.15. The van der Waals surface area contributed by atoms with Gasteiger partial charge in [-0.05, 0) is 46.6 Å². The van der Waals surface area contributed by atoms with Gasteiger partial charge in [0.05, 0.1) is 11.3 Å². The number of fused-ring (bicyclic) bond motifs is 1. The van der Waals surface area contributed by atoms with Crippen molar-refractivity contribution < 1.29 is 9.53 Å². The number of carbonyl (C=O) groups excluding carboxylic acids is 1. The lowest BCUT2D eigenvalue weighted by molar-refractivity contribution is 0.0475. The average Bonchev–Trinajstić information content (AvgIpc) is 3.19. The second kappa shape index (κ2) is 7.09. The Morgan fingerprint density at radius 1 is 1.25 bits per heavy atom. The zero-order valence-electron chi connectivity index (χ0n) is 16.5. The molecule has 0 unspecified atom stereocenters. The number of carbonyl (C=O) groups is 1. The molecule has 28 heavy (non-hydrogen) atoms. The number of H-pyrrole nitrogens is 1. The molecule has 1 fully saturated rings. The number of pyridine rings is 1. The first kappa shape index (κ1) is 18.7. The number of rotatable bonds is 4. The number of hydrogen-bond donors (Lipinski definition) is 3. The van der Waals surface area contributed by atoms with Crippen LogP contribution in [0.3, 0.4) is 0 Å². The predicted octanol–water partition coefficient (Wildman–Crippen LogP) is 4.46. The van der Waals surface area contributed by atoms with E-state index in [0.29, 0.717) is 0 Å². The second-order valence-electron chi connectivity index (χ2n) is 8.22. The van der Waals surface area contributed by atoms with E-state index in [1.54, 1.807) is 11.3 Å². The minimum atomic E-state index is -0.483. The molecule has 1 saturated carbocycles. The summed E-state index contributed by atoms with van der Waals surface area (Å²) in [6.07, 6.45) is 7.00. The van der Waals surface area contributed by atoms with E-state index in [1.165, 1.54) is 4.88 Å². The van der Waals surface area contributed by atoms with Crippen LogP contribution in [0.1, 0.15) is 38.5 Å². The fraction of sp³-hybridized carbons (Fsp3) is 0.450. The minimum absolute atomic E-state index is 0.126. The van der Waals surface area contributed by atoms with Gasteiger partial charge in [-0.15, -0.1) is 11.3 Å². The number of anilines is 1. The van der Waals surface area contributed by atoms with Crippen LogP contribution in [0.4, 0.5) is 10.5 Å². The van der Waals surface area contributed by atoms with Crippen LogP contribution < -0.4 is 10.6 Å². The van der Waals surface area contributed by atoms with E-state index in [9.17, 15) is 4.79 Å². The van der Waals surface area contributed by atoms with E-state index >= 15 is 0 Å². The van der Waals surface area contributed by atoms with Gasteiger partial charge in [0.1, 0.15) is 16.3 Å². The first-order valence-electron chi connectivity index (χ1n) is 9.43. The Morgan fingerprint density at radius 3 is 2.71 bits per heavy atom. The molecule has 0 radical (unpaired) electrons. The molecule has 3 heterocycles. The number of aryl methyl sites for hydroxylation is 1. The molecule has 1 aliphatic rings. The van der Waals surface area contributed by atoms with Gasteiger partial charge >= 0.3 is 6.09 Å². The average molecular weight is 400 g/mol. The summed E-state index contributed by atoms with van der Waals surface area (Å²) in [6, 6.07) is 2.44. The fourth-order valence-electron chi connectivity index (χ4n) is 3.34. The van der Waals surface area contributed by atoms with Crippen LogP contribution in [0.25, 0.3) is 21.6 Å². The van der Waals surface area contributed by atoms with Crippen molar-refractivity contribution in [3.05, 3.63) is 29.5 Å². The Kier molecular flexibility index (Phi) is 4.74. The molecule has 3 aromatic heterocycles. The molecule has 0 atom stereocenters. The Balaban J connectivity index is 1.47. The van der Waals surface area contributed by atoms with E-state index in [2.05, 4.69) is 32.5 Å². The second-order valence-corrected chi connectivity index (χ2v) is 9.45. The summed E-state index contributed by atoms with van der Waals surface area (Å²) in [7, 11) is 0. The maximum atomic E-state index is 11.9. The molecular weight excluding hydrogens is 374 g/mol. The molecule has 0 aliphatic heterocycles. The molecule has 3 N–H and O–H groups in total. The zero-order chi connectivity index (χ0) is 19.9. The van der Waals surface area contributed by atoms with E-state index < -0.39 is 5.60 Å². The maximum Gasteiger partial charge on any atom is 0.407 e. The number of aromatic amines is 1. The van der Waals surface area contributed by atoms with Gasteiger partial charge in [0.15, 0.2) is 0 Å². The summed E-state index contributed by atoms with van der Waals surface area (Å²) in [6.45, 7) is 7.65. The van der Waals surface area contributed by atoms with Gasteiger partial charge in [0, 0.05) is 40.9 Å². The predicted molar refractivity (Wildman–Crippen MR) is 112 cm³/mol. The van der Waals surface area contributed by atoms with Crippen LogP contribution in [-0.4, -0.2) is 38.7 Å². The number of alkyl carbamates (subject to hydrolysis) is 1. The molecule has 0 aromatic carbocycles. The van der Waals surface area contributed by atoms with Crippen LogP contribution in [0.5, 0.6) is 0 Å². The van der Waals surface area contributed by atoms with Crippen molar-refractivity contribution in [2.75, 3.05) is 5.32 Å². The Labute approximate surface area is 167 Å². The van der Waals surface area contributed by atoms with Crippen LogP contribution in [0.15, 0.2) is 24.7 Å². The van der Waals surface area contributed by atoms with Crippen LogP contribution in [-0.2, 0) is 4.74 Å². The summed E-state index contributed by atoms with van der Waals surface area (Å²) in [5.41, 5.74) is 2.42. The highest BCUT2D eigenvalue weighted by Gasteiger charge is 2.32. The molecular formula is C20H25N5O2S. The van der Waals surface area contributed by atoms with E-state index in [-0.39, 0.29) is 18.2 Å². The Morgan fingerprint density at radius 2 is 2.04 bits per heavy atom. The molecule has 0 saturated heterocycles. The molecule has 4 rings (SSSR count). The summed E-state index contributed by atoms with van der Waals surface area (Å²) < 4.78 is 5.33. The van der Waals surface area contributed by atoms with Crippen molar-refractivity contribution in [2.45, 2.75) is 58.2 Å². The number of thiazole rings is 1. The number of aromatic nitrogens is 3. The van der Waals surface area contributed by atoms with Gasteiger partial charge in [-0.2, -0.15) is 0 Å². The minimum Gasteiger partial charge on any atom is -0.444 e. The largest absolute Gasteiger partial charge is 0.444 e. The Hall–Kier alpha value is -2.61. The Bertz CT molecular complexity index is 998. The number of ether oxygens (including phenoxy) is 1. The number of hydrogen-bond acceptors (Lipinski definition) is 6. The van der Waals surface area contributed by atoms with Crippen LogP contribution in [0.2, 0.25) is 0 Å². The van der Waals surface area contributed by atoms with E-state index in [1.807, 2.05) is 45.4 Å². The summed E-state index contributed by atoms with van der Waals surface area (Å²) in [5, 5.41) is 8.60. The standard InChI is InChI=1S/C20H25N5O2S/c1-11-9-23-18(28-11)15-10-22-17-14(5-6-21-17)16(15)24-12-7-13(8-12)25-19(26)27-20(2,3)4/h5-6,9-10,12-13H,7-8H2,1-4H3,(H,25,26)(H2,21,22,24). The third kappa shape index (κ3) is 3.96. The first-order valence-corrected chi connectivity index (χ1v) is 10.2.